The van der Waals surface area contributed by atoms with E-state index in [0.29, 0.717) is 17.0 Å². The molecule has 1 N–H and O–H groups in total. The zero-order valence-corrected chi connectivity index (χ0v) is 16.7. The van der Waals surface area contributed by atoms with Crippen molar-refractivity contribution in [2.75, 3.05) is 7.11 Å². The third kappa shape index (κ3) is 3.51. The minimum atomic E-state index is -0.756. The number of hydrogen-bond acceptors (Lipinski definition) is 4. The molecule has 2 aromatic carbocycles. The topological polar surface area (TPSA) is 62.7 Å². The number of pyridine rings is 1. The number of carbonyl (C=O) groups is 1. The molecule has 1 aliphatic heterocycles. The van der Waals surface area contributed by atoms with E-state index in [1.165, 1.54) is 24.1 Å². The fourth-order valence-electron chi connectivity index (χ4n) is 3.54. The summed E-state index contributed by atoms with van der Waals surface area (Å²) >= 11 is 6.31. The van der Waals surface area contributed by atoms with Crippen molar-refractivity contribution in [2.45, 2.75) is 19.7 Å². The van der Waals surface area contributed by atoms with E-state index < -0.39 is 11.6 Å². The lowest BCUT2D eigenvalue weighted by atomic mass is 10.1. The molecule has 0 radical (unpaired) electrons. The van der Waals surface area contributed by atoms with Crippen LogP contribution in [-0.2, 0) is 19.7 Å². The summed E-state index contributed by atoms with van der Waals surface area (Å²) in [6, 6.07) is 10.1. The van der Waals surface area contributed by atoms with Crippen LogP contribution in [0, 0.1) is 11.6 Å². The van der Waals surface area contributed by atoms with E-state index in [2.05, 4.69) is 4.98 Å². The molecule has 0 spiro atoms. The SMILES string of the molecule is COc1cc(CO)ccc1CN1Cc2nc(-c3c(F)cccc3F)cc(Cl)c2C1=O. The Morgan fingerprint density at radius 1 is 1.17 bits per heavy atom. The Morgan fingerprint density at radius 2 is 1.90 bits per heavy atom. The molecule has 1 aliphatic rings. The van der Waals surface area contributed by atoms with Crippen LogP contribution in [0.3, 0.4) is 0 Å². The molecule has 5 nitrogen and oxygen atoms in total. The second kappa shape index (κ2) is 8.01. The van der Waals surface area contributed by atoms with Gasteiger partial charge in [-0.25, -0.2) is 13.8 Å². The monoisotopic (exact) mass is 430 g/mol. The molecule has 1 amide bonds. The highest BCUT2D eigenvalue weighted by Crippen LogP contribution is 2.35. The van der Waals surface area contributed by atoms with E-state index in [0.717, 1.165) is 17.7 Å². The van der Waals surface area contributed by atoms with Crippen LogP contribution in [-0.4, -0.2) is 28.0 Å². The third-order valence-corrected chi connectivity index (χ3v) is 5.30. The quantitative estimate of drug-likeness (QED) is 0.654. The molecule has 2 heterocycles. The molecule has 8 heteroatoms. The molecule has 0 bridgehead atoms. The molecule has 0 unspecified atom stereocenters. The average Bonchev–Trinajstić information content (AvgIpc) is 3.04. The number of nitrogens with zero attached hydrogens (tertiary/aromatic N) is 2. The molecule has 1 aromatic heterocycles. The second-order valence-corrected chi connectivity index (χ2v) is 7.28. The van der Waals surface area contributed by atoms with Gasteiger partial charge in [-0.05, 0) is 29.8 Å². The molecule has 0 atom stereocenters. The number of halogens is 3. The Bertz CT molecular complexity index is 1130. The number of carbonyl (C=O) groups excluding carboxylic acids is 1. The minimum absolute atomic E-state index is 0.0360. The van der Waals surface area contributed by atoms with Crippen molar-refractivity contribution in [3.63, 3.8) is 0 Å². The molecule has 4 rings (SSSR count). The van der Waals surface area contributed by atoms with Gasteiger partial charge in [0.05, 0.1) is 54.3 Å². The Morgan fingerprint density at radius 3 is 2.57 bits per heavy atom. The number of rotatable bonds is 5. The van der Waals surface area contributed by atoms with Gasteiger partial charge >= 0.3 is 0 Å². The van der Waals surface area contributed by atoms with Crippen LogP contribution in [0.5, 0.6) is 5.75 Å². The van der Waals surface area contributed by atoms with Gasteiger partial charge in [-0.15, -0.1) is 0 Å². The molecule has 30 heavy (non-hydrogen) atoms. The molecule has 0 saturated carbocycles. The summed E-state index contributed by atoms with van der Waals surface area (Å²) in [5, 5.41) is 9.38. The van der Waals surface area contributed by atoms with Crippen molar-refractivity contribution >= 4 is 17.5 Å². The van der Waals surface area contributed by atoms with Crippen LogP contribution >= 0.6 is 11.6 Å². The summed E-state index contributed by atoms with van der Waals surface area (Å²) in [5.41, 5.74) is 1.77. The Kier molecular flexibility index (Phi) is 5.40. The van der Waals surface area contributed by atoms with E-state index >= 15 is 0 Å². The zero-order chi connectivity index (χ0) is 21.4. The van der Waals surface area contributed by atoms with Crippen LogP contribution < -0.4 is 4.74 Å². The highest BCUT2D eigenvalue weighted by atomic mass is 35.5. The second-order valence-electron chi connectivity index (χ2n) is 6.87. The Balaban J connectivity index is 1.68. The molecule has 3 aromatic rings. The van der Waals surface area contributed by atoms with Gasteiger partial charge in [0.15, 0.2) is 0 Å². The van der Waals surface area contributed by atoms with Crippen LogP contribution in [0.2, 0.25) is 5.02 Å². The van der Waals surface area contributed by atoms with Crippen LogP contribution in [0.15, 0.2) is 42.5 Å². The smallest absolute Gasteiger partial charge is 0.257 e. The number of hydrogen-bond donors (Lipinski definition) is 1. The van der Waals surface area contributed by atoms with E-state index in [9.17, 15) is 18.7 Å². The first-order valence-corrected chi connectivity index (χ1v) is 9.50. The minimum Gasteiger partial charge on any atom is -0.496 e. The number of methoxy groups -OCH3 is 1. The first-order valence-electron chi connectivity index (χ1n) is 9.12. The van der Waals surface area contributed by atoms with E-state index in [1.54, 1.807) is 18.2 Å². The Labute approximate surface area is 176 Å². The van der Waals surface area contributed by atoms with Gasteiger partial charge in [0.2, 0.25) is 0 Å². The standard InChI is InChI=1S/C22H17ClF2N2O3/c1-30-19-7-12(11-28)5-6-13(19)9-27-10-18-20(22(27)29)14(23)8-17(26-18)21-15(24)3-2-4-16(21)25/h2-8,28H,9-11H2,1H3. The number of benzene rings is 2. The predicted octanol–water partition coefficient (Wildman–Crippen LogP) is 4.34. The van der Waals surface area contributed by atoms with Gasteiger partial charge in [-0.3, -0.25) is 4.79 Å². The lowest BCUT2D eigenvalue weighted by Crippen LogP contribution is -2.23. The van der Waals surface area contributed by atoms with E-state index in [-0.39, 0.29) is 47.4 Å². The van der Waals surface area contributed by atoms with Crippen molar-refractivity contribution in [3.8, 4) is 17.0 Å². The van der Waals surface area contributed by atoms with Gasteiger partial charge in [0, 0.05) is 5.56 Å². The zero-order valence-electron chi connectivity index (χ0n) is 16.0. The Hall–Kier alpha value is -3.03. The van der Waals surface area contributed by atoms with Crippen molar-refractivity contribution in [3.05, 3.63) is 81.5 Å². The molecule has 154 valence electrons. The summed E-state index contributed by atoms with van der Waals surface area (Å²) < 4.78 is 33.7. The molecule has 0 fully saturated rings. The fourth-order valence-corrected chi connectivity index (χ4v) is 3.83. The summed E-state index contributed by atoms with van der Waals surface area (Å²) in [5.74, 6) is -1.29. The number of ether oxygens (including phenoxy) is 1. The summed E-state index contributed by atoms with van der Waals surface area (Å²) in [4.78, 5) is 18.8. The van der Waals surface area contributed by atoms with Gasteiger partial charge in [-0.2, -0.15) is 0 Å². The fraction of sp³-hybridized carbons (Fsp3) is 0.182. The van der Waals surface area contributed by atoms with Crippen LogP contribution in [0.4, 0.5) is 8.78 Å². The lowest BCUT2D eigenvalue weighted by molar-refractivity contribution is 0.0765. The maximum absolute atomic E-state index is 14.2. The number of aliphatic hydroxyl groups is 1. The summed E-state index contributed by atoms with van der Waals surface area (Å²) in [6.45, 7) is 0.242. The maximum atomic E-state index is 14.2. The number of aromatic nitrogens is 1. The average molecular weight is 431 g/mol. The van der Waals surface area contributed by atoms with Crippen molar-refractivity contribution in [2.24, 2.45) is 0 Å². The first-order chi connectivity index (χ1) is 14.4. The number of aliphatic hydroxyl groups excluding tert-OH is 1. The van der Waals surface area contributed by atoms with Gasteiger partial charge in [0.25, 0.3) is 5.91 Å². The van der Waals surface area contributed by atoms with Crippen LogP contribution in [0.25, 0.3) is 11.3 Å². The summed E-state index contributed by atoms with van der Waals surface area (Å²) in [6.07, 6.45) is 0. The molecular formula is C22H17ClF2N2O3. The predicted molar refractivity (Wildman–Crippen MR) is 107 cm³/mol. The third-order valence-electron chi connectivity index (χ3n) is 5.00. The van der Waals surface area contributed by atoms with Crippen molar-refractivity contribution in [1.82, 2.24) is 9.88 Å². The van der Waals surface area contributed by atoms with E-state index in [4.69, 9.17) is 16.3 Å². The highest BCUT2D eigenvalue weighted by Gasteiger charge is 2.32. The first kappa shape index (κ1) is 20.3. The van der Waals surface area contributed by atoms with Crippen LogP contribution in [0.1, 0.15) is 27.2 Å². The number of fused-ring (bicyclic) bond motifs is 1. The lowest BCUT2D eigenvalue weighted by Gasteiger charge is -2.18. The van der Waals surface area contributed by atoms with Crippen molar-refractivity contribution in [1.29, 1.82) is 0 Å². The largest absolute Gasteiger partial charge is 0.496 e. The molecule has 0 aliphatic carbocycles. The molecular weight excluding hydrogens is 414 g/mol. The van der Waals surface area contributed by atoms with Gasteiger partial charge < -0.3 is 14.7 Å². The van der Waals surface area contributed by atoms with E-state index in [1.807, 2.05) is 0 Å². The molecule has 0 saturated heterocycles. The van der Waals surface area contributed by atoms with Gasteiger partial charge in [-0.1, -0.05) is 29.8 Å². The van der Waals surface area contributed by atoms with Gasteiger partial charge in [0.1, 0.15) is 17.4 Å². The maximum Gasteiger partial charge on any atom is 0.257 e. The summed E-state index contributed by atoms with van der Waals surface area (Å²) in [7, 11) is 1.51. The normalized spacial score (nSPS) is 13.0. The number of amides is 1. The highest BCUT2D eigenvalue weighted by molar-refractivity contribution is 6.34. The van der Waals surface area contributed by atoms with Crippen molar-refractivity contribution < 1.29 is 23.4 Å².